The molecule has 2 heterocycles. The number of rotatable bonds is 8. The maximum absolute atomic E-state index is 6.05. The standard InChI is InChI=1S/C14H20N4O2S/c1-19-8-6-18(7-9-20-2)14-12(13(15)17-21-14)11-4-3-5-16-10-11/h3-5,10H,6-9H2,1-2H3,(H2,15,17). The predicted molar refractivity (Wildman–Crippen MR) is 85.7 cm³/mol. The number of nitrogen functional groups attached to an aromatic ring is 1. The Morgan fingerprint density at radius 2 is 1.95 bits per heavy atom. The molecule has 7 heteroatoms. The average Bonchev–Trinajstić information content (AvgIpc) is 2.90. The number of pyridine rings is 1. The zero-order valence-electron chi connectivity index (χ0n) is 12.3. The molecule has 0 fully saturated rings. The largest absolute Gasteiger partial charge is 0.383 e. The second-order valence-electron chi connectivity index (χ2n) is 4.46. The third-order valence-electron chi connectivity index (χ3n) is 3.07. The first kappa shape index (κ1) is 15.7. The molecule has 0 aromatic carbocycles. The summed E-state index contributed by atoms with van der Waals surface area (Å²) in [6, 6.07) is 3.88. The fourth-order valence-corrected chi connectivity index (χ4v) is 2.90. The number of ether oxygens (including phenoxy) is 2. The van der Waals surface area contributed by atoms with Crippen molar-refractivity contribution in [2.75, 3.05) is 51.2 Å². The molecule has 6 nitrogen and oxygen atoms in total. The van der Waals surface area contributed by atoms with Gasteiger partial charge in [0.15, 0.2) is 0 Å². The van der Waals surface area contributed by atoms with E-state index >= 15 is 0 Å². The second-order valence-corrected chi connectivity index (χ2v) is 5.21. The molecule has 0 aliphatic heterocycles. The summed E-state index contributed by atoms with van der Waals surface area (Å²) < 4.78 is 14.7. The summed E-state index contributed by atoms with van der Waals surface area (Å²) in [6.07, 6.45) is 3.54. The van der Waals surface area contributed by atoms with Crippen LogP contribution in [0, 0.1) is 0 Å². The Bertz CT molecular complexity index is 539. The van der Waals surface area contributed by atoms with Crippen LogP contribution in [0.5, 0.6) is 0 Å². The topological polar surface area (TPSA) is 73.5 Å². The van der Waals surface area contributed by atoms with Gasteiger partial charge in [-0.25, -0.2) is 0 Å². The molecule has 2 aromatic rings. The highest BCUT2D eigenvalue weighted by Gasteiger charge is 2.19. The third kappa shape index (κ3) is 3.90. The van der Waals surface area contributed by atoms with E-state index in [0.29, 0.717) is 19.0 Å². The van der Waals surface area contributed by atoms with Gasteiger partial charge in [0.25, 0.3) is 0 Å². The third-order valence-corrected chi connectivity index (χ3v) is 3.99. The quantitative estimate of drug-likeness (QED) is 0.803. The minimum absolute atomic E-state index is 0.530. The van der Waals surface area contributed by atoms with Crippen molar-refractivity contribution in [3.63, 3.8) is 0 Å². The van der Waals surface area contributed by atoms with E-state index in [0.717, 1.165) is 29.2 Å². The van der Waals surface area contributed by atoms with E-state index in [9.17, 15) is 0 Å². The maximum atomic E-state index is 6.05. The fraction of sp³-hybridized carbons (Fsp3) is 0.429. The van der Waals surface area contributed by atoms with E-state index < -0.39 is 0 Å². The van der Waals surface area contributed by atoms with Gasteiger partial charge in [-0.2, -0.15) is 4.37 Å². The molecule has 114 valence electrons. The van der Waals surface area contributed by atoms with Crippen LogP contribution in [-0.2, 0) is 9.47 Å². The van der Waals surface area contributed by atoms with Crippen molar-refractivity contribution in [3.8, 4) is 11.1 Å². The van der Waals surface area contributed by atoms with Crippen molar-refractivity contribution in [3.05, 3.63) is 24.5 Å². The van der Waals surface area contributed by atoms with Crippen LogP contribution in [0.1, 0.15) is 0 Å². The summed E-state index contributed by atoms with van der Waals surface area (Å²) in [4.78, 5) is 6.34. The Balaban J connectivity index is 2.32. The molecule has 0 atom stereocenters. The molecule has 0 bridgehead atoms. The molecule has 2 N–H and O–H groups in total. The summed E-state index contributed by atoms with van der Waals surface area (Å²) in [5, 5.41) is 1.02. The van der Waals surface area contributed by atoms with Crippen LogP contribution in [0.15, 0.2) is 24.5 Å². The molecular weight excluding hydrogens is 288 g/mol. The van der Waals surface area contributed by atoms with E-state index in [2.05, 4.69) is 14.3 Å². The van der Waals surface area contributed by atoms with Crippen LogP contribution in [0.2, 0.25) is 0 Å². The van der Waals surface area contributed by atoms with Crippen molar-refractivity contribution in [1.82, 2.24) is 9.36 Å². The van der Waals surface area contributed by atoms with E-state index in [4.69, 9.17) is 15.2 Å². The number of nitrogens with two attached hydrogens (primary N) is 1. The smallest absolute Gasteiger partial charge is 0.147 e. The van der Waals surface area contributed by atoms with E-state index in [1.165, 1.54) is 11.5 Å². The van der Waals surface area contributed by atoms with Crippen molar-refractivity contribution in [2.45, 2.75) is 0 Å². The SMILES string of the molecule is COCCN(CCOC)c1snc(N)c1-c1cccnc1. The van der Waals surface area contributed by atoms with Crippen molar-refractivity contribution >= 4 is 22.4 Å². The molecule has 0 saturated heterocycles. The van der Waals surface area contributed by atoms with Gasteiger partial charge >= 0.3 is 0 Å². The highest BCUT2D eigenvalue weighted by molar-refractivity contribution is 7.11. The number of hydrogen-bond donors (Lipinski definition) is 1. The Morgan fingerprint density at radius 1 is 1.24 bits per heavy atom. The first-order valence-electron chi connectivity index (χ1n) is 6.66. The number of hydrogen-bond acceptors (Lipinski definition) is 7. The van der Waals surface area contributed by atoms with Gasteiger partial charge in [0.1, 0.15) is 10.8 Å². The van der Waals surface area contributed by atoms with Crippen LogP contribution in [-0.4, -0.2) is 49.9 Å². The lowest BCUT2D eigenvalue weighted by Crippen LogP contribution is -2.30. The molecule has 2 rings (SSSR count). The molecule has 2 aromatic heterocycles. The first-order valence-corrected chi connectivity index (χ1v) is 7.43. The molecule has 21 heavy (non-hydrogen) atoms. The summed E-state index contributed by atoms with van der Waals surface area (Å²) in [5.74, 6) is 0.530. The minimum Gasteiger partial charge on any atom is -0.383 e. The van der Waals surface area contributed by atoms with Gasteiger partial charge in [0.05, 0.1) is 18.8 Å². The van der Waals surface area contributed by atoms with Crippen molar-refractivity contribution in [1.29, 1.82) is 0 Å². The Hall–Kier alpha value is -1.70. The molecule has 0 aliphatic carbocycles. The average molecular weight is 308 g/mol. The van der Waals surface area contributed by atoms with Crippen LogP contribution in [0.4, 0.5) is 10.8 Å². The summed E-state index contributed by atoms with van der Waals surface area (Å²) >= 11 is 1.39. The van der Waals surface area contributed by atoms with Gasteiger partial charge < -0.3 is 20.1 Å². The second kappa shape index (κ2) is 7.92. The monoisotopic (exact) mass is 308 g/mol. The van der Waals surface area contributed by atoms with Crippen LogP contribution >= 0.6 is 11.5 Å². The van der Waals surface area contributed by atoms with Crippen LogP contribution < -0.4 is 10.6 Å². The molecule has 0 spiro atoms. The van der Waals surface area contributed by atoms with E-state index in [1.54, 1.807) is 26.6 Å². The van der Waals surface area contributed by atoms with E-state index in [1.807, 2.05) is 12.1 Å². The highest BCUT2D eigenvalue weighted by atomic mass is 32.1. The lowest BCUT2D eigenvalue weighted by Gasteiger charge is -2.23. The van der Waals surface area contributed by atoms with Crippen molar-refractivity contribution < 1.29 is 9.47 Å². The van der Waals surface area contributed by atoms with Gasteiger partial charge in [0, 0.05) is 45.3 Å². The predicted octanol–water partition coefficient (Wildman–Crippen LogP) is 1.89. The molecular formula is C14H20N4O2S. The lowest BCUT2D eigenvalue weighted by atomic mass is 10.1. The Labute approximate surface area is 128 Å². The lowest BCUT2D eigenvalue weighted by molar-refractivity contribution is 0.190. The van der Waals surface area contributed by atoms with Gasteiger partial charge in [0.2, 0.25) is 0 Å². The number of nitrogens with zero attached hydrogens (tertiary/aromatic N) is 3. The normalized spacial score (nSPS) is 10.8. The molecule has 0 saturated carbocycles. The van der Waals surface area contributed by atoms with Gasteiger partial charge in [-0.1, -0.05) is 6.07 Å². The molecule has 0 radical (unpaired) electrons. The Kier molecular flexibility index (Phi) is 5.91. The van der Waals surface area contributed by atoms with Crippen molar-refractivity contribution in [2.24, 2.45) is 0 Å². The summed E-state index contributed by atoms with van der Waals surface area (Å²) in [7, 11) is 3.38. The van der Waals surface area contributed by atoms with Crippen LogP contribution in [0.25, 0.3) is 11.1 Å². The summed E-state index contributed by atoms with van der Waals surface area (Å²) in [6.45, 7) is 2.78. The number of aromatic nitrogens is 2. The zero-order valence-corrected chi connectivity index (χ0v) is 13.1. The highest BCUT2D eigenvalue weighted by Crippen LogP contribution is 2.38. The number of methoxy groups -OCH3 is 2. The van der Waals surface area contributed by atoms with Gasteiger partial charge in [-0.15, -0.1) is 0 Å². The minimum atomic E-state index is 0.530. The van der Waals surface area contributed by atoms with Gasteiger partial charge in [-0.3, -0.25) is 4.98 Å². The molecule has 0 amide bonds. The molecule has 0 aliphatic rings. The van der Waals surface area contributed by atoms with Gasteiger partial charge in [-0.05, 0) is 17.6 Å². The van der Waals surface area contributed by atoms with Crippen LogP contribution in [0.3, 0.4) is 0 Å². The maximum Gasteiger partial charge on any atom is 0.147 e. The Morgan fingerprint density at radius 3 is 2.52 bits per heavy atom. The fourth-order valence-electron chi connectivity index (χ4n) is 2.01. The number of anilines is 2. The summed E-state index contributed by atoms with van der Waals surface area (Å²) in [5.41, 5.74) is 7.95. The zero-order chi connectivity index (χ0) is 15.1. The first-order chi connectivity index (χ1) is 10.3. The van der Waals surface area contributed by atoms with E-state index in [-0.39, 0.29) is 0 Å². The molecule has 0 unspecified atom stereocenters.